The summed E-state index contributed by atoms with van der Waals surface area (Å²) in [6.07, 6.45) is 2.09. The molecule has 160 valence electrons. The standard InChI is InChI=1S/C24H26N4O2S/c29-22-18-31-24(27(22)12-11-26-13-15-30-16-14-26)21-17-28(20-9-5-2-6-10-20)25-23(21)19-7-3-1-4-8-19/h1-10,17,24H,11-16,18H2. The molecule has 5 rings (SSSR count). The first kappa shape index (κ1) is 20.3. The molecular formula is C24H26N4O2S. The van der Waals surface area contributed by atoms with Gasteiger partial charge in [-0.15, -0.1) is 11.8 Å². The highest BCUT2D eigenvalue weighted by Crippen LogP contribution is 2.42. The van der Waals surface area contributed by atoms with Gasteiger partial charge in [0, 0.05) is 43.5 Å². The Morgan fingerprint density at radius 1 is 0.968 bits per heavy atom. The molecule has 1 unspecified atom stereocenters. The summed E-state index contributed by atoms with van der Waals surface area (Å²) in [6, 6.07) is 20.4. The maximum atomic E-state index is 12.8. The second-order valence-electron chi connectivity index (χ2n) is 7.78. The highest BCUT2D eigenvalue weighted by molar-refractivity contribution is 8.00. The van der Waals surface area contributed by atoms with E-state index in [1.807, 2.05) is 46.0 Å². The minimum atomic E-state index is -0.0267. The Kier molecular flexibility index (Phi) is 6.06. The summed E-state index contributed by atoms with van der Waals surface area (Å²) in [5.74, 6) is 0.716. The molecule has 0 saturated carbocycles. The van der Waals surface area contributed by atoms with Crippen LogP contribution in [0, 0.1) is 0 Å². The molecule has 0 aliphatic carbocycles. The van der Waals surface area contributed by atoms with Crippen molar-refractivity contribution >= 4 is 17.7 Å². The molecular weight excluding hydrogens is 408 g/mol. The highest BCUT2D eigenvalue weighted by Gasteiger charge is 2.36. The van der Waals surface area contributed by atoms with Gasteiger partial charge in [0.25, 0.3) is 0 Å². The van der Waals surface area contributed by atoms with Gasteiger partial charge in [0.15, 0.2) is 0 Å². The van der Waals surface area contributed by atoms with E-state index in [0.29, 0.717) is 5.75 Å². The Morgan fingerprint density at radius 2 is 1.68 bits per heavy atom. The Hall–Kier alpha value is -2.61. The van der Waals surface area contributed by atoms with E-state index in [1.165, 1.54) is 0 Å². The predicted octanol–water partition coefficient (Wildman–Crippen LogP) is 3.45. The number of hydrogen-bond donors (Lipinski definition) is 0. The zero-order valence-corrected chi connectivity index (χ0v) is 18.2. The molecule has 0 spiro atoms. The second kappa shape index (κ2) is 9.26. The van der Waals surface area contributed by atoms with E-state index in [4.69, 9.17) is 9.84 Å². The van der Waals surface area contributed by atoms with Crippen LogP contribution in [0.2, 0.25) is 0 Å². The van der Waals surface area contributed by atoms with Gasteiger partial charge in [-0.1, -0.05) is 48.5 Å². The van der Waals surface area contributed by atoms with E-state index in [2.05, 4.69) is 35.4 Å². The lowest BCUT2D eigenvalue weighted by atomic mass is 10.1. The van der Waals surface area contributed by atoms with Crippen LogP contribution in [0.25, 0.3) is 16.9 Å². The van der Waals surface area contributed by atoms with Crippen molar-refractivity contribution in [3.63, 3.8) is 0 Å². The van der Waals surface area contributed by atoms with E-state index < -0.39 is 0 Å². The first-order valence-electron chi connectivity index (χ1n) is 10.7. The van der Waals surface area contributed by atoms with Gasteiger partial charge < -0.3 is 9.64 Å². The van der Waals surface area contributed by atoms with Crippen molar-refractivity contribution in [3.8, 4) is 16.9 Å². The summed E-state index contributed by atoms with van der Waals surface area (Å²) >= 11 is 1.70. The number of hydrogen-bond acceptors (Lipinski definition) is 5. The number of nitrogens with zero attached hydrogens (tertiary/aromatic N) is 4. The van der Waals surface area contributed by atoms with Crippen LogP contribution in [0.1, 0.15) is 10.9 Å². The lowest BCUT2D eigenvalue weighted by Gasteiger charge is -2.30. The van der Waals surface area contributed by atoms with Crippen molar-refractivity contribution < 1.29 is 9.53 Å². The fourth-order valence-corrected chi connectivity index (χ4v) is 5.35. The van der Waals surface area contributed by atoms with Gasteiger partial charge >= 0.3 is 0 Å². The lowest BCUT2D eigenvalue weighted by molar-refractivity contribution is -0.128. The Bertz CT molecular complexity index is 1020. The number of aromatic nitrogens is 2. The van der Waals surface area contributed by atoms with Crippen molar-refractivity contribution in [3.05, 3.63) is 72.4 Å². The van der Waals surface area contributed by atoms with E-state index in [9.17, 15) is 4.79 Å². The summed E-state index contributed by atoms with van der Waals surface area (Å²) in [7, 11) is 0. The molecule has 2 aliphatic rings. The predicted molar refractivity (Wildman–Crippen MR) is 123 cm³/mol. The zero-order chi connectivity index (χ0) is 21.0. The Morgan fingerprint density at radius 3 is 2.42 bits per heavy atom. The molecule has 2 aliphatic heterocycles. The van der Waals surface area contributed by atoms with Crippen molar-refractivity contribution in [2.45, 2.75) is 5.37 Å². The summed E-state index contributed by atoms with van der Waals surface area (Å²) < 4.78 is 7.39. The third-order valence-electron chi connectivity index (χ3n) is 5.81. The Labute approximate surface area is 186 Å². The average Bonchev–Trinajstić information content (AvgIpc) is 3.43. The van der Waals surface area contributed by atoms with Gasteiger partial charge in [-0.25, -0.2) is 4.68 Å². The molecule has 2 saturated heterocycles. The summed E-state index contributed by atoms with van der Waals surface area (Å²) in [6.45, 7) is 5.01. The van der Waals surface area contributed by atoms with Gasteiger partial charge in [0.2, 0.25) is 5.91 Å². The minimum Gasteiger partial charge on any atom is -0.379 e. The highest BCUT2D eigenvalue weighted by atomic mass is 32.2. The number of thioether (sulfide) groups is 1. The van der Waals surface area contributed by atoms with Gasteiger partial charge in [0.05, 0.1) is 30.3 Å². The van der Waals surface area contributed by atoms with Crippen LogP contribution in [0.3, 0.4) is 0 Å². The van der Waals surface area contributed by atoms with Crippen molar-refractivity contribution in [1.29, 1.82) is 0 Å². The average molecular weight is 435 g/mol. The maximum Gasteiger partial charge on any atom is 0.233 e. The van der Waals surface area contributed by atoms with Crippen molar-refractivity contribution in [2.24, 2.45) is 0 Å². The number of carbonyl (C=O) groups is 1. The molecule has 7 heteroatoms. The molecule has 3 heterocycles. The molecule has 1 amide bonds. The van der Waals surface area contributed by atoms with Crippen LogP contribution in [0.15, 0.2) is 66.9 Å². The topological polar surface area (TPSA) is 50.6 Å². The van der Waals surface area contributed by atoms with E-state index in [0.717, 1.165) is 61.9 Å². The van der Waals surface area contributed by atoms with E-state index >= 15 is 0 Å². The van der Waals surface area contributed by atoms with E-state index in [1.54, 1.807) is 11.8 Å². The summed E-state index contributed by atoms with van der Waals surface area (Å²) in [4.78, 5) is 17.2. The van der Waals surface area contributed by atoms with Crippen LogP contribution < -0.4 is 0 Å². The van der Waals surface area contributed by atoms with Crippen LogP contribution in [0.5, 0.6) is 0 Å². The number of para-hydroxylation sites is 1. The molecule has 1 aromatic heterocycles. The first-order valence-corrected chi connectivity index (χ1v) is 11.8. The summed E-state index contributed by atoms with van der Waals surface area (Å²) in [5, 5.41) is 4.92. The van der Waals surface area contributed by atoms with Gasteiger partial charge in [-0.05, 0) is 12.1 Å². The molecule has 0 bridgehead atoms. The number of morpholine rings is 1. The fraction of sp³-hybridized carbons (Fsp3) is 0.333. The van der Waals surface area contributed by atoms with Gasteiger partial charge in [-0.3, -0.25) is 9.69 Å². The normalized spacial score (nSPS) is 19.8. The molecule has 0 N–H and O–H groups in total. The van der Waals surface area contributed by atoms with Crippen molar-refractivity contribution in [2.75, 3.05) is 45.1 Å². The zero-order valence-electron chi connectivity index (χ0n) is 17.4. The van der Waals surface area contributed by atoms with Crippen LogP contribution in [-0.2, 0) is 9.53 Å². The molecule has 1 atom stereocenters. The van der Waals surface area contributed by atoms with Crippen LogP contribution >= 0.6 is 11.8 Å². The SMILES string of the molecule is O=C1CSC(c2cn(-c3ccccc3)nc2-c2ccccc2)N1CCN1CCOCC1. The van der Waals surface area contributed by atoms with E-state index in [-0.39, 0.29) is 11.3 Å². The number of carbonyl (C=O) groups excluding carboxylic acids is 1. The molecule has 6 nitrogen and oxygen atoms in total. The first-order chi connectivity index (χ1) is 15.3. The Balaban J connectivity index is 1.47. The summed E-state index contributed by atoms with van der Waals surface area (Å²) in [5.41, 5.74) is 4.11. The second-order valence-corrected chi connectivity index (χ2v) is 8.85. The molecule has 3 aromatic rings. The molecule has 2 fully saturated rings. The third-order valence-corrected chi connectivity index (χ3v) is 7.04. The van der Waals surface area contributed by atoms with Gasteiger partial charge in [0.1, 0.15) is 5.37 Å². The van der Waals surface area contributed by atoms with Gasteiger partial charge in [-0.2, -0.15) is 5.10 Å². The number of ether oxygens (including phenoxy) is 1. The monoisotopic (exact) mass is 434 g/mol. The molecule has 31 heavy (non-hydrogen) atoms. The maximum absolute atomic E-state index is 12.8. The largest absolute Gasteiger partial charge is 0.379 e. The smallest absolute Gasteiger partial charge is 0.233 e. The van der Waals surface area contributed by atoms with Crippen molar-refractivity contribution in [1.82, 2.24) is 19.6 Å². The number of benzene rings is 2. The molecule has 0 radical (unpaired) electrons. The lowest BCUT2D eigenvalue weighted by Crippen LogP contribution is -2.42. The fourth-order valence-electron chi connectivity index (χ4n) is 4.13. The quantitative estimate of drug-likeness (QED) is 0.595. The third kappa shape index (κ3) is 4.39. The number of amides is 1. The minimum absolute atomic E-state index is 0.0267. The number of rotatable bonds is 6. The molecule has 2 aromatic carbocycles. The van der Waals surface area contributed by atoms with Crippen LogP contribution in [0.4, 0.5) is 0 Å². The van der Waals surface area contributed by atoms with Crippen LogP contribution in [-0.4, -0.2) is 70.6 Å².